The lowest BCUT2D eigenvalue weighted by atomic mass is 9.97. The van der Waals surface area contributed by atoms with Crippen LogP contribution in [-0.2, 0) is 0 Å². The average molecular weight is 764 g/mol. The molecule has 0 aliphatic rings. The Morgan fingerprint density at radius 2 is 0.617 bits per heavy atom. The summed E-state index contributed by atoms with van der Waals surface area (Å²) >= 11 is 0. The third-order valence-electron chi connectivity index (χ3n) is 5.20. The van der Waals surface area contributed by atoms with Crippen LogP contribution in [0.25, 0.3) is 0 Å². The van der Waals surface area contributed by atoms with Gasteiger partial charge in [-0.15, -0.1) is 0 Å². The fourth-order valence-corrected chi connectivity index (χ4v) is 2.55. The van der Waals surface area contributed by atoms with Crippen LogP contribution in [0.4, 0.5) is 119 Å². The topological polar surface area (TPSA) is 18.5 Å². The molecule has 0 aliphatic carbocycles. The second-order valence-electron chi connectivity index (χ2n) is 8.42. The van der Waals surface area contributed by atoms with E-state index in [0.29, 0.717) is 0 Å². The number of hydrogen-bond donors (Lipinski definition) is 0. The normalized spacial score (nSPS) is 16.0. The van der Waals surface area contributed by atoms with E-state index in [1.54, 1.807) is 0 Å². The minimum absolute atomic E-state index is 0.887. The zero-order valence-corrected chi connectivity index (χ0v) is 20.3. The quantitative estimate of drug-likeness (QED) is 0.198. The second kappa shape index (κ2) is 11.0. The van der Waals surface area contributed by atoms with E-state index in [-0.39, 0.29) is 0 Å². The molecule has 0 N–H and O–H groups in total. The molecule has 0 fully saturated rings. The first-order valence-corrected chi connectivity index (χ1v) is 10.2. The molecule has 0 spiro atoms. The Bertz CT molecular complexity index is 1290. The fraction of sp³-hybridized carbons (Fsp3) is 0.667. The summed E-state index contributed by atoms with van der Waals surface area (Å²) in [6, 6.07) is -3.14. The van der Waals surface area contributed by atoms with Crippen molar-refractivity contribution in [2.24, 2.45) is 0 Å². The molecule has 2 nitrogen and oxygen atoms in total. The minimum Gasteiger partial charge on any atom is -0.428 e. The van der Waals surface area contributed by atoms with Crippen molar-refractivity contribution in [1.82, 2.24) is 0 Å². The zero-order valence-electron chi connectivity index (χ0n) is 20.3. The molecule has 0 saturated heterocycles. The molecular weight excluding hydrogens is 761 g/mol. The van der Waals surface area contributed by atoms with Crippen molar-refractivity contribution in [1.29, 1.82) is 0 Å². The molecule has 0 heterocycles. The van der Waals surface area contributed by atoms with E-state index >= 15 is 0 Å². The molecule has 1 rings (SSSR count). The van der Waals surface area contributed by atoms with Crippen LogP contribution in [0.5, 0.6) is 11.5 Å². The minimum atomic E-state index is -8.51. The molecule has 47 heavy (non-hydrogen) atoms. The maximum atomic E-state index is 13.9. The van der Waals surface area contributed by atoms with Gasteiger partial charge in [0.05, 0.1) is 0 Å². The summed E-state index contributed by atoms with van der Waals surface area (Å²) in [6.45, 7) is 0. The summed E-state index contributed by atoms with van der Waals surface area (Å²) in [5.74, 6) is -75.5. The van der Waals surface area contributed by atoms with Gasteiger partial charge in [0.2, 0.25) is 0 Å². The van der Waals surface area contributed by atoms with Gasteiger partial charge in [0, 0.05) is 6.07 Å². The number of alkyl halides is 26. The van der Waals surface area contributed by atoms with Gasteiger partial charge < -0.3 is 9.47 Å². The van der Waals surface area contributed by atoms with Crippen LogP contribution in [0.2, 0.25) is 0 Å². The van der Waals surface area contributed by atoms with Gasteiger partial charge >= 0.3 is 72.0 Å². The van der Waals surface area contributed by atoms with Crippen molar-refractivity contribution in [2.75, 3.05) is 0 Å². The highest BCUT2D eigenvalue weighted by Gasteiger charge is 2.93. The molecule has 0 unspecified atom stereocenters. The third kappa shape index (κ3) is 5.95. The van der Waals surface area contributed by atoms with Crippen molar-refractivity contribution < 1.29 is 128 Å². The highest BCUT2D eigenvalue weighted by molar-refractivity contribution is 5.34. The van der Waals surface area contributed by atoms with Crippen LogP contribution in [0, 0.1) is 5.82 Å². The van der Waals surface area contributed by atoms with Gasteiger partial charge in [-0.1, -0.05) is 0 Å². The van der Waals surface area contributed by atoms with Crippen LogP contribution in [0.1, 0.15) is 0 Å². The van der Waals surface area contributed by atoms with Crippen molar-refractivity contribution >= 4 is 0 Å². The molecule has 0 aliphatic heterocycles. The molecule has 0 saturated carbocycles. The van der Waals surface area contributed by atoms with Crippen LogP contribution in [0.15, 0.2) is 18.2 Å². The zero-order chi connectivity index (χ0) is 38.3. The number of rotatable bonds is 12. The maximum Gasteiger partial charge on any atom is 0.471 e. The second-order valence-corrected chi connectivity index (χ2v) is 8.42. The monoisotopic (exact) mass is 764 g/mol. The van der Waals surface area contributed by atoms with Crippen molar-refractivity contribution in [3.63, 3.8) is 0 Å². The molecule has 0 bridgehead atoms. The average Bonchev–Trinajstić information content (AvgIpc) is 2.83. The van der Waals surface area contributed by atoms with Crippen LogP contribution in [0.3, 0.4) is 0 Å². The molecule has 0 aromatic heterocycles. The summed E-state index contributed by atoms with van der Waals surface area (Å²) in [5.41, 5.74) is 0. The van der Waals surface area contributed by atoms with Crippen LogP contribution < -0.4 is 9.47 Å². The van der Waals surface area contributed by atoms with Gasteiger partial charge in [-0.2, -0.15) is 114 Å². The first-order valence-electron chi connectivity index (χ1n) is 10.2. The van der Waals surface area contributed by atoms with Gasteiger partial charge in [-0.25, -0.2) is 4.39 Å². The molecule has 276 valence electrons. The molecule has 0 atom stereocenters. The molecule has 0 radical (unpaired) electrons. The lowest BCUT2D eigenvalue weighted by Crippen LogP contribution is -2.71. The molecule has 0 amide bonds. The predicted molar refractivity (Wildman–Crippen MR) is 89.2 cm³/mol. The van der Waals surface area contributed by atoms with Crippen molar-refractivity contribution in [3.8, 4) is 11.5 Å². The number of halogens is 27. The van der Waals surface area contributed by atoms with Gasteiger partial charge in [-0.3, -0.25) is 0 Å². The van der Waals surface area contributed by atoms with E-state index in [1.165, 1.54) is 0 Å². The Hall–Kier alpha value is -3.07. The van der Waals surface area contributed by atoms with Gasteiger partial charge in [0.15, 0.2) is 11.6 Å². The van der Waals surface area contributed by atoms with Gasteiger partial charge in [0.25, 0.3) is 0 Å². The lowest BCUT2D eigenvalue weighted by Gasteiger charge is -2.39. The van der Waals surface area contributed by atoms with Crippen LogP contribution >= 0.6 is 0 Å². The Labute approximate surface area is 237 Å². The maximum absolute atomic E-state index is 13.9. The van der Waals surface area contributed by atoms with E-state index in [2.05, 4.69) is 9.47 Å². The Kier molecular flexibility index (Phi) is 9.80. The Morgan fingerprint density at radius 1 is 0.340 bits per heavy atom. The molecule has 29 heteroatoms. The van der Waals surface area contributed by atoms with E-state index < -0.39 is 107 Å². The summed E-state index contributed by atoms with van der Waals surface area (Å²) in [7, 11) is 0. The Balaban J connectivity index is 3.51. The number of ether oxygens (including phenoxy) is 2. The smallest absolute Gasteiger partial charge is 0.428 e. The first-order chi connectivity index (χ1) is 20.1. The SMILES string of the molecule is Fc1cc(OC(F)(F)C(F)(F)C(F)(F)C(F)(F)C(F)(F)C(F)(F)F)ccc1OC(F)(F)C(F)(F)C(F)(F)C(F)(F)C(F)(F)C(F)(F)F. The van der Waals surface area contributed by atoms with Crippen molar-refractivity contribution in [2.45, 2.75) is 72.0 Å². The largest absolute Gasteiger partial charge is 0.471 e. The predicted octanol–water partition coefficient (Wildman–Crippen LogP) is 9.98. The number of benzene rings is 1. The summed E-state index contributed by atoms with van der Waals surface area (Å²) in [5, 5.41) is 0. The summed E-state index contributed by atoms with van der Waals surface area (Å²) in [6.07, 6.45) is -30.7. The van der Waals surface area contributed by atoms with E-state index in [9.17, 15) is 119 Å². The standard InChI is InChI=1S/C18H3F27O2/c19-5-3-4(46-17(42,43)13(32,33)9(24,25)7(20,21)11(28,29)15(36,37)38)1-2-6(5)47-18(44,45)14(34,35)10(26,27)8(22,23)12(30,31)16(39,40)41/h1-3H. The highest BCUT2D eigenvalue weighted by Crippen LogP contribution is 2.62. The highest BCUT2D eigenvalue weighted by atomic mass is 19.4. The van der Waals surface area contributed by atoms with E-state index in [0.717, 1.165) is 0 Å². The van der Waals surface area contributed by atoms with E-state index in [1.807, 2.05) is 0 Å². The molecule has 1 aromatic carbocycles. The van der Waals surface area contributed by atoms with E-state index in [4.69, 9.17) is 0 Å². The third-order valence-corrected chi connectivity index (χ3v) is 5.20. The summed E-state index contributed by atoms with van der Waals surface area (Å²) in [4.78, 5) is 0. The van der Waals surface area contributed by atoms with Crippen LogP contribution in [-0.4, -0.2) is 72.0 Å². The molecule has 1 aromatic rings. The fourth-order valence-electron chi connectivity index (χ4n) is 2.55. The first kappa shape index (κ1) is 42.0. The lowest BCUT2D eigenvalue weighted by molar-refractivity contribution is -0.457. The number of hydrogen-bond acceptors (Lipinski definition) is 2. The van der Waals surface area contributed by atoms with Crippen molar-refractivity contribution in [3.05, 3.63) is 24.0 Å². The van der Waals surface area contributed by atoms with Gasteiger partial charge in [-0.05, 0) is 12.1 Å². The Morgan fingerprint density at radius 3 is 0.894 bits per heavy atom. The van der Waals surface area contributed by atoms with Gasteiger partial charge in [0.1, 0.15) is 5.75 Å². The summed E-state index contributed by atoms with van der Waals surface area (Å²) < 4.78 is 358. The molecular formula is C18H3F27O2.